The minimum Gasteiger partial charge on any atom is -0.497 e. The second-order valence-corrected chi connectivity index (χ2v) is 6.43. The van der Waals surface area contributed by atoms with Gasteiger partial charge in [0.25, 0.3) is 5.22 Å². The lowest BCUT2D eigenvalue weighted by molar-refractivity contribution is -0.113. The highest BCUT2D eigenvalue weighted by molar-refractivity contribution is 7.99. The van der Waals surface area contributed by atoms with Crippen LogP contribution in [-0.4, -0.2) is 23.8 Å². The molecule has 0 fully saturated rings. The summed E-state index contributed by atoms with van der Waals surface area (Å²) in [6.07, 6.45) is 1.62. The van der Waals surface area contributed by atoms with Crippen molar-refractivity contribution in [3.63, 3.8) is 0 Å². The number of nitrogens with one attached hydrogen (secondary N) is 1. The number of ether oxygens (including phenoxy) is 1. The van der Waals surface area contributed by atoms with Crippen molar-refractivity contribution in [1.82, 2.24) is 4.98 Å². The second kappa shape index (κ2) is 8.09. The van der Waals surface area contributed by atoms with Crippen LogP contribution in [0.4, 0.5) is 5.69 Å². The molecule has 0 atom stereocenters. The number of benzene rings is 2. The Balaban J connectivity index is 1.57. The molecule has 7 heteroatoms. The summed E-state index contributed by atoms with van der Waals surface area (Å²) in [7, 11) is 1.58. The summed E-state index contributed by atoms with van der Waals surface area (Å²) in [5, 5.41) is 3.86. The Labute approximate surface area is 154 Å². The molecule has 25 heavy (non-hydrogen) atoms. The highest BCUT2D eigenvalue weighted by Crippen LogP contribution is 2.27. The number of methoxy groups -OCH3 is 1. The molecule has 0 radical (unpaired) electrons. The van der Waals surface area contributed by atoms with E-state index in [0.29, 0.717) is 27.4 Å². The van der Waals surface area contributed by atoms with Crippen LogP contribution in [0.25, 0.3) is 11.3 Å². The van der Waals surface area contributed by atoms with Crippen LogP contribution < -0.4 is 10.1 Å². The molecule has 0 aliphatic rings. The molecule has 0 saturated carbocycles. The zero-order valence-electron chi connectivity index (χ0n) is 13.4. The van der Waals surface area contributed by atoms with Crippen LogP contribution in [0.1, 0.15) is 0 Å². The van der Waals surface area contributed by atoms with E-state index in [1.807, 2.05) is 24.3 Å². The van der Waals surface area contributed by atoms with Crippen LogP contribution in [-0.2, 0) is 4.79 Å². The molecule has 3 rings (SSSR count). The van der Waals surface area contributed by atoms with Crippen LogP contribution in [0.2, 0.25) is 5.02 Å². The summed E-state index contributed by atoms with van der Waals surface area (Å²) >= 11 is 7.20. The van der Waals surface area contributed by atoms with Gasteiger partial charge in [0.05, 0.1) is 19.1 Å². The Morgan fingerprint density at radius 2 is 2.12 bits per heavy atom. The van der Waals surface area contributed by atoms with Gasteiger partial charge in [0.2, 0.25) is 5.91 Å². The van der Waals surface area contributed by atoms with Gasteiger partial charge in [-0.05, 0) is 24.3 Å². The van der Waals surface area contributed by atoms with E-state index in [9.17, 15) is 4.79 Å². The van der Waals surface area contributed by atoms with Gasteiger partial charge in [-0.1, -0.05) is 41.6 Å². The summed E-state index contributed by atoms with van der Waals surface area (Å²) in [4.78, 5) is 16.2. The molecule has 0 aliphatic carbocycles. The van der Waals surface area contributed by atoms with Gasteiger partial charge in [-0.25, -0.2) is 4.98 Å². The first-order chi connectivity index (χ1) is 12.1. The third kappa shape index (κ3) is 4.78. The third-order valence-corrected chi connectivity index (χ3v) is 4.35. The standard InChI is InChI=1S/C18H15ClN2O3S/c1-23-15-7-3-6-14(9-15)21-17(22)11-25-18-20-10-16(24-18)12-4-2-5-13(19)8-12/h2-10H,11H2,1H3,(H,21,22). The predicted octanol–water partition coefficient (Wildman–Crippen LogP) is 4.73. The van der Waals surface area contributed by atoms with Crippen LogP contribution in [0, 0.1) is 0 Å². The molecular formula is C18H15ClN2O3S. The first kappa shape index (κ1) is 17.4. The van der Waals surface area contributed by atoms with Gasteiger partial charge in [0, 0.05) is 22.3 Å². The second-order valence-electron chi connectivity index (χ2n) is 5.07. The molecule has 1 heterocycles. The van der Waals surface area contributed by atoms with Gasteiger partial charge < -0.3 is 14.5 Å². The molecule has 0 aliphatic heterocycles. The van der Waals surface area contributed by atoms with Gasteiger partial charge in [0.1, 0.15) is 5.75 Å². The van der Waals surface area contributed by atoms with Gasteiger partial charge >= 0.3 is 0 Å². The van der Waals surface area contributed by atoms with Crippen molar-refractivity contribution in [2.24, 2.45) is 0 Å². The SMILES string of the molecule is COc1cccc(NC(=O)CSc2ncc(-c3cccc(Cl)c3)o2)c1. The molecule has 1 aromatic heterocycles. The number of amides is 1. The minimum atomic E-state index is -0.152. The minimum absolute atomic E-state index is 0.152. The summed E-state index contributed by atoms with van der Waals surface area (Å²) in [6.45, 7) is 0. The fourth-order valence-electron chi connectivity index (χ4n) is 2.13. The number of thioether (sulfide) groups is 1. The van der Waals surface area contributed by atoms with E-state index in [0.717, 1.165) is 5.56 Å². The zero-order valence-corrected chi connectivity index (χ0v) is 14.9. The molecule has 1 N–H and O–H groups in total. The molecule has 3 aromatic rings. The smallest absolute Gasteiger partial charge is 0.256 e. The highest BCUT2D eigenvalue weighted by atomic mass is 35.5. The lowest BCUT2D eigenvalue weighted by Crippen LogP contribution is -2.13. The number of oxazole rings is 1. The van der Waals surface area contributed by atoms with E-state index in [4.69, 9.17) is 20.8 Å². The maximum Gasteiger partial charge on any atom is 0.256 e. The van der Waals surface area contributed by atoms with E-state index < -0.39 is 0 Å². The number of hydrogen-bond acceptors (Lipinski definition) is 5. The number of halogens is 1. The van der Waals surface area contributed by atoms with E-state index in [1.54, 1.807) is 37.6 Å². The molecule has 128 valence electrons. The van der Waals surface area contributed by atoms with Crippen molar-refractivity contribution in [2.75, 3.05) is 18.2 Å². The first-order valence-electron chi connectivity index (χ1n) is 7.42. The molecule has 5 nitrogen and oxygen atoms in total. The van der Waals surface area contributed by atoms with Gasteiger partial charge in [-0.3, -0.25) is 4.79 Å². The normalized spacial score (nSPS) is 10.5. The van der Waals surface area contributed by atoms with Crippen LogP contribution >= 0.6 is 23.4 Å². The van der Waals surface area contributed by atoms with Crippen molar-refractivity contribution in [3.05, 3.63) is 59.8 Å². The Morgan fingerprint density at radius 3 is 2.92 bits per heavy atom. The largest absolute Gasteiger partial charge is 0.497 e. The number of carbonyl (C=O) groups is 1. The highest BCUT2D eigenvalue weighted by Gasteiger charge is 2.10. The van der Waals surface area contributed by atoms with Gasteiger partial charge in [-0.2, -0.15) is 0 Å². The van der Waals surface area contributed by atoms with Crippen molar-refractivity contribution < 1.29 is 13.9 Å². The van der Waals surface area contributed by atoms with Gasteiger partial charge in [-0.15, -0.1) is 0 Å². The maximum atomic E-state index is 12.0. The van der Waals surface area contributed by atoms with Gasteiger partial charge in [0.15, 0.2) is 5.76 Å². The van der Waals surface area contributed by atoms with Crippen LogP contribution in [0.15, 0.2) is 64.4 Å². The number of carbonyl (C=O) groups excluding carboxylic acids is 1. The number of rotatable bonds is 6. The maximum absolute atomic E-state index is 12.0. The average molecular weight is 375 g/mol. The fourth-order valence-corrected chi connectivity index (χ4v) is 2.92. The number of aromatic nitrogens is 1. The number of anilines is 1. The van der Waals surface area contributed by atoms with E-state index in [1.165, 1.54) is 11.8 Å². The fraction of sp³-hybridized carbons (Fsp3) is 0.111. The third-order valence-electron chi connectivity index (χ3n) is 3.27. The number of nitrogens with zero attached hydrogens (tertiary/aromatic N) is 1. The van der Waals surface area contributed by atoms with Crippen molar-refractivity contribution in [2.45, 2.75) is 5.22 Å². The monoisotopic (exact) mass is 374 g/mol. The zero-order chi connectivity index (χ0) is 17.6. The number of hydrogen-bond donors (Lipinski definition) is 1. The van der Waals surface area contributed by atoms with Crippen LogP contribution in [0.5, 0.6) is 5.75 Å². The average Bonchev–Trinajstić information content (AvgIpc) is 3.09. The predicted molar refractivity (Wildman–Crippen MR) is 99.3 cm³/mol. The molecule has 1 amide bonds. The van der Waals surface area contributed by atoms with Crippen molar-refractivity contribution in [3.8, 4) is 17.1 Å². The summed E-state index contributed by atoms with van der Waals surface area (Å²) in [5.74, 6) is 1.33. The lowest BCUT2D eigenvalue weighted by Gasteiger charge is -2.06. The molecular weight excluding hydrogens is 360 g/mol. The van der Waals surface area contributed by atoms with Crippen molar-refractivity contribution in [1.29, 1.82) is 0 Å². The first-order valence-corrected chi connectivity index (χ1v) is 8.79. The Kier molecular flexibility index (Phi) is 5.63. The molecule has 0 unspecified atom stereocenters. The van der Waals surface area contributed by atoms with E-state index >= 15 is 0 Å². The lowest BCUT2D eigenvalue weighted by atomic mass is 10.2. The molecule has 0 spiro atoms. The summed E-state index contributed by atoms with van der Waals surface area (Å²) in [5.41, 5.74) is 1.52. The van der Waals surface area contributed by atoms with Crippen molar-refractivity contribution >= 4 is 35.0 Å². The Morgan fingerprint density at radius 1 is 1.28 bits per heavy atom. The van der Waals surface area contributed by atoms with Crippen LogP contribution in [0.3, 0.4) is 0 Å². The quantitative estimate of drug-likeness (QED) is 0.631. The molecule has 0 bridgehead atoms. The van der Waals surface area contributed by atoms with E-state index in [2.05, 4.69) is 10.3 Å². The summed E-state index contributed by atoms with van der Waals surface area (Å²) in [6, 6.07) is 14.5. The Bertz CT molecular complexity index is 882. The molecule has 0 saturated heterocycles. The summed E-state index contributed by atoms with van der Waals surface area (Å²) < 4.78 is 10.8. The van der Waals surface area contributed by atoms with E-state index in [-0.39, 0.29) is 11.7 Å². The Hall–Kier alpha value is -2.44. The topological polar surface area (TPSA) is 64.4 Å². The molecule has 2 aromatic carbocycles.